The van der Waals surface area contributed by atoms with Crippen LogP contribution >= 0.6 is 0 Å². The molecule has 0 unspecified atom stereocenters. The molecule has 0 saturated heterocycles. The summed E-state index contributed by atoms with van der Waals surface area (Å²) in [5.41, 5.74) is 2.36. The highest BCUT2D eigenvalue weighted by Gasteiger charge is 2.36. The molecule has 9 nitrogen and oxygen atoms in total. The predicted octanol–water partition coefficient (Wildman–Crippen LogP) is 2.73. The predicted molar refractivity (Wildman–Crippen MR) is 103 cm³/mol. The molecule has 29 heavy (non-hydrogen) atoms. The number of rotatable bonds is 6. The van der Waals surface area contributed by atoms with Gasteiger partial charge in [-0.15, -0.1) is 0 Å². The van der Waals surface area contributed by atoms with Gasteiger partial charge in [0.15, 0.2) is 17.3 Å². The molecule has 1 atom stereocenters. The normalized spacial score (nSPS) is 14.8. The number of benzene rings is 2. The zero-order chi connectivity index (χ0) is 20.4. The number of carbonyl (C=O) groups is 2. The third-order valence-electron chi connectivity index (χ3n) is 4.61. The number of esters is 1. The van der Waals surface area contributed by atoms with Gasteiger partial charge in [0, 0.05) is 16.8 Å². The fraction of sp³-hybridized carbons (Fsp3) is 0.200. The Bertz CT molecular complexity index is 1050. The number of carbonyl (C=O) groups excluding carboxylic acids is 2. The van der Waals surface area contributed by atoms with E-state index in [4.69, 9.17) is 14.2 Å². The second-order valence-corrected chi connectivity index (χ2v) is 6.32. The molecule has 1 aliphatic heterocycles. The number of cyclic esters (lactones) is 1. The second-order valence-electron chi connectivity index (χ2n) is 6.32. The monoisotopic (exact) mass is 394 g/mol. The van der Waals surface area contributed by atoms with Gasteiger partial charge in [-0.25, -0.2) is 9.78 Å². The number of aromatic amines is 1. The molecule has 1 aromatic heterocycles. The van der Waals surface area contributed by atoms with E-state index in [0.29, 0.717) is 34.1 Å². The molecule has 0 saturated carbocycles. The quantitative estimate of drug-likeness (QED) is 0.618. The number of ether oxygens (including phenoxy) is 3. The lowest BCUT2D eigenvalue weighted by atomic mass is 10.0. The second kappa shape index (κ2) is 7.63. The van der Waals surface area contributed by atoms with Crippen LogP contribution in [-0.2, 0) is 9.53 Å². The van der Waals surface area contributed by atoms with Crippen LogP contribution in [0, 0.1) is 0 Å². The average molecular weight is 394 g/mol. The Kier molecular flexibility index (Phi) is 4.86. The fourth-order valence-corrected chi connectivity index (χ4v) is 3.26. The minimum Gasteiger partial charge on any atom is -0.493 e. The molecule has 0 radical (unpaired) electrons. The van der Waals surface area contributed by atoms with E-state index in [1.807, 2.05) is 12.1 Å². The van der Waals surface area contributed by atoms with Crippen LogP contribution in [0.25, 0.3) is 11.4 Å². The molecule has 2 heterocycles. The van der Waals surface area contributed by atoms with Crippen molar-refractivity contribution in [2.75, 3.05) is 19.5 Å². The largest absolute Gasteiger partial charge is 0.493 e. The minimum atomic E-state index is -0.689. The van der Waals surface area contributed by atoms with Crippen LogP contribution in [0.15, 0.2) is 42.7 Å². The number of anilines is 1. The van der Waals surface area contributed by atoms with Crippen molar-refractivity contribution in [3.05, 3.63) is 53.9 Å². The van der Waals surface area contributed by atoms with Crippen LogP contribution in [0.1, 0.15) is 28.4 Å². The summed E-state index contributed by atoms with van der Waals surface area (Å²) in [6.45, 7) is 0. The number of methoxy groups -OCH3 is 2. The van der Waals surface area contributed by atoms with Crippen molar-refractivity contribution in [1.29, 1.82) is 0 Å². The van der Waals surface area contributed by atoms with Gasteiger partial charge in [0.25, 0.3) is 0 Å². The van der Waals surface area contributed by atoms with E-state index in [-0.39, 0.29) is 12.3 Å². The number of aromatic nitrogens is 3. The summed E-state index contributed by atoms with van der Waals surface area (Å²) in [4.78, 5) is 28.9. The zero-order valence-corrected chi connectivity index (χ0v) is 15.8. The number of nitrogens with zero attached hydrogens (tertiary/aromatic N) is 2. The Balaban J connectivity index is 1.47. The first-order chi connectivity index (χ1) is 14.1. The first-order valence-corrected chi connectivity index (χ1v) is 8.82. The van der Waals surface area contributed by atoms with Crippen molar-refractivity contribution in [2.24, 2.45) is 0 Å². The van der Waals surface area contributed by atoms with Crippen LogP contribution in [0.4, 0.5) is 5.69 Å². The van der Waals surface area contributed by atoms with Gasteiger partial charge in [-0.3, -0.25) is 9.89 Å². The molecule has 2 N–H and O–H groups in total. The number of hydrogen-bond donors (Lipinski definition) is 2. The Morgan fingerprint density at radius 2 is 1.97 bits per heavy atom. The highest BCUT2D eigenvalue weighted by molar-refractivity contribution is 5.99. The van der Waals surface area contributed by atoms with Gasteiger partial charge < -0.3 is 19.5 Å². The van der Waals surface area contributed by atoms with E-state index >= 15 is 0 Å². The smallest absolute Gasteiger partial charge is 0.343 e. The van der Waals surface area contributed by atoms with Crippen molar-refractivity contribution < 1.29 is 23.8 Å². The highest BCUT2D eigenvalue weighted by atomic mass is 16.6. The first-order valence-electron chi connectivity index (χ1n) is 8.82. The summed E-state index contributed by atoms with van der Waals surface area (Å²) >= 11 is 0. The van der Waals surface area contributed by atoms with E-state index in [2.05, 4.69) is 20.5 Å². The van der Waals surface area contributed by atoms with Crippen LogP contribution in [0.3, 0.4) is 0 Å². The zero-order valence-electron chi connectivity index (χ0n) is 15.8. The van der Waals surface area contributed by atoms with Gasteiger partial charge in [-0.05, 0) is 30.3 Å². The Morgan fingerprint density at radius 3 is 2.62 bits per heavy atom. The van der Waals surface area contributed by atoms with Gasteiger partial charge in [0.05, 0.1) is 20.6 Å². The maximum atomic E-state index is 12.5. The highest BCUT2D eigenvalue weighted by Crippen LogP contribution is 2.43. The first kappa shape index (κ1) is 18.5. The van der Waals surface area contributed by atoms with Crippen LogP contribution in [0.5, 0.6) is 11.5 Å². The van der Waals surface area contributed by atoms with Crippen LogP contribution in [0.2, 0.25) is 0 Å². The van der Waals surface area contributed by atoms with Crippen molar-refractivity contribution in [2.45, 2.75) is 12.5 Å². The summed E-state index contributed by atoms with van der Waals surface area (Å²) in [6.07, 6.45) is 0.722. The van der Waals surface area contributed by atoms with Crippen LogP contribution < -0.4 is 14.8 Å². The molecular weight excluding hydrogens is 376 g/mol. The lowest BCUT2D eigenvalue weighted by Crippen LogP contribution is -2.15. The maximum absolute atomic E-state index is 12.5. The van der Waals surface area contributed by atoms with E-state index in [9.17, 15) is 9.59 Å². The van der Waals surface area contributed by atoms with Gasteiger partial charge in [0.2, 0.25) is 5.91 Å². The topological polar surface area (TPSA) is 115 Å². The van der Waals surface area contributed by atoms with Gasteiger partial charge in [-0.2, -0.15) is 5.10 Å². The van der Waals surface area contributed by atoms with Crippen molar-refractivity contribution in [1.82, 2.24) is 15.2 Å². The molecule has 0 aliphatic carbocycles. The molecule has 148 valence electrons. The van der Waals surface area contributed by atoms with E-state index in [1.165, 1.54) is 20.5 Å². The SMILES string of the molecule is COc1ccc2c(c1OC)C(=O)O[C@@H]2CC(=O)Nc1ccc(-c2ncn[nH]2)cc1. The Hall–Kier alpha value is -3.88. The number of nitrogens with one attached hydrogen (secondary N) is 2. The molecule has 1 aliphatic rings. The van der Waals surface area contributed by atoms with E-state index in [0.717, 1.165) is 5.56 Å². The van der Waals surface area contributed by atoms with Gasteiger partial charge in [-0.1, -0.05) is 6.07 Å². The summed E-state index contributed by atoms with van der Waals surface area (Å²) < 4.78 is 15.9. The lowest BCUT2D eigenvalue weighted by Gasteiger charge is -2.12. The van der Waals surface area contributed by atoms with Crippen molar-refractivity contribution in [3.8, 4) is 22.9 Å². The summed E-state index contributed by atoms with van der Waals surface area (Å²) in [7, 11) is 2.94. The van der Waals surface area contributed by atoms with Crippen molar-refractivity contribution >= 4 is 17.6 Å². The lowest BCUT2D eigenvalue weighted by molar-refractivity contribution is -0.118. The molecule has 1 amide bonds. The van der Waals surface area contributed by atoms with E-state index in [1.54, 1.807) is 24.3 Å². The van der Waals surface area contributed by atoms with Gasteiger partial charge in [0.1, 0.15) is 18.0 Å². The minimum absolute atomic E-state index is 0.0158. The third-order valence-corrected chi connectivity index (χ3v) is 4.61. The summed E-state index contributed by atoms with van der Waals surface area (Å²) in [5, 5.41) is 9.39. The molecule has 0 fully saturated rings. The molecule has 0 bridgehead atoms. The molecule has 3 aromatic rings. The average Bonchev–Trinajstić information content (AvgIpc) is 3.37. The Morgan fingerprint density at radius 1 is 1.17 bits per heavy atom. The number of fused-ring (bicyclic) bond motifs is 1. The summed E-state index contributed by atoms with van der Waals surface area (Å²) in [6, 6.07) is 10.6. The van der Waals surface area contributed by atoms with Crippen LogP contribution in [-0.4, -0.2) is 41.3 Å². The number of hydrogen-bond acceptors (Lipinski definition) is 7. The molecule has 4 rings (SSSR count). The standard InChI is InChI=1S/C20H18N4O5/c1-27-14-8-7-13-15(29-20(26)17(13)18(14)28-2)9-16(25)23-12-5-3-11(4-6-12)19-21-10-22-24-19/h3-8,10,15H,9H2,1-2H3,(H,23,25)(H,21,22,24)/t15-/m1/s1. The van der Waals surface area contributed by atoms with Crippen molar-refractivity contribution in [3.63, 3.8) is 0 Å². The van der Waals surface area contributed by atoms with E-state index < -0.39 is 12.1 Å². The molecule has 0 spiro atoms. The number of amides is 1. The van der Waals surface area contributed by atoms with Gasteiger partial charge >= 0.3 is 5.97 Å². The summed E-state index contributed by atoms with van der Waals surface area (Å²) in [5.74, 6) is 0.561. The molecular formula is C20H18N4O5. The third kappa shape index (κ3) is 3.49. The molecule has 9 heteroatoms. The molecule has 2 aromatic carbocycles. The maximum Gasteiger partial charge on any atom is 0.343 e. The fourth-order valence-electron chi connectivity index (χ4n) is 3.26. The number of H-pyrrole nitrogens is 1. The Labute approximate surface area is 166 Å².